The summed E-state index contributed by atoms with van der Waals surface area (Å²) >= 11 is 3.30. The van der Waals surface area contributed by atoms with Gasteiger partial charge >= 0.3 is 0 Å². The van der Waals surface area contributed by atoms with Gasteiger partial charge in [0.25, 0.3) is 0 Å². The molecule has 4 nitrogen and oxygen atoms in total. The topological polar surface area (TPSA) is 59.1 Å². The lowest BCUT2D eigenvalue weighted by molar-refractivity contribution is 0.599. The largest absolute Gasteiger partial charge is 0.267 e. The first-order valence-electron chi connectivity index (χ1n) is 4.57. The molecule has 0 amide bonds. The molecule has 1 aromatic heterocycles. The standard InChI is InChI=1S/C9H13BrN2O2S/c1-3-4-15(13,14)12-9-5-7(2)8(10)6-11-9/h5-6H,3-4H2,1-2H3,(H,11,12). The number of nitrogens with one attached hydrogen (secondary N) is 1. The van der Waals surface area contributed by atoms with Gasteiger partial charge in [0.05, 0.1) is 5.75 Å². The van der Waals surface area contributed by atoms with Gasteiger partial charge in [0, 0.05) is 10.7 Å². The minimum absolute atomic E-state index is 0.115. The maximum absolute atomic E-state index is 11.4. The van der Waals surface area contributed by atoms with Gasteiger partial charge in [0.1, 0.15) is 5.82 Å². The molecule has 6 heteroatoms. The fourth-order valence-corrected chi connectivity index (χ4v) is 2.36. The first-order valence-corrected chi connectivity index (χ1v) is 7.02. The molecule has 15 heavy (non-hydrogen) atoms. The summed E-state index contributed by atoms with van der Waals surface area (Å²) in [6.07, 6.45) is 2.17. The Labute approximate surface area is 98.3 Å². The molecule has 0 saturated carbocycles. The lowest BCUT2D eigenvalue weighted by Crippen LogP contribution is -2.16. The number of anilines is 1. The molecule has 0 fully saturated rings. The van der Waals surface area contributed by atoms with Crippen molar-refractivity contribution < 1.29 is 8.42 Å². The number of aryl methyl sites for hydroxylation is 1. The van der Waals surface area contributed by atoms with E-state index in [1.807, 2.05) is 13.8 Å². The van der Waals surface area contributed by atoms with Gasteiger partial charge in [-0.05, 0) is 40.9 Å². The Bertz CT molecular complexity index is 445. The predicted molar refractivity (Wildman–Crippen MR) is 64.4 cm³/mol. The van der Waals surface area contributed by atoms with E-state index in [1.54, 1.807) is 12.3 Å². The summed E-state index contributed by atoms with van der Waals surface area (Å²) in [5.41, 5.74) is 0.944. The van der Waals surface area contributed by atoms with E-state index in [4.69, 9.17) is 0 Å². The molecule has 1 aromatic rings. The molecule has 1 N–H and O–H groups in total. The summed E-state index contributed by atoms with van der Waals surface area (Å²) < 4.78 is 26.2. The zero-order chi connectivity index (χ0) is 11.5. The number of nitrogens with zero attached hydrogens (tertiary/aromatic N) is 1. The second-order valence-electron chi connectivity index (χ2n) is 3.24. The molecule has 0 radical (unpaired) electrons. The molecular weight excluding hydrogens is 280 g/mol. The van der Waals surface area contributed by atoms with Crippen LogP contribution in [0.3, 0.4) is 0 Å². The Morgan fingerprint density at radius 3 is 2.73 bits per heavy atom. The summed E-state index contributed by atoms with van der Waals surface area (Å²) in [6.45, 7) is 3.70. The van der Waals surface area contributed by atoms with Crippen LogP contribution >= 0.6 is 15.9 Å². The number of rotatable bonds is 4. The molecular formula is C9H13BrN2O2S. The lowest BCUT2D eigenvalue weighted by atomic mass is 10.3. The second kappa shape index (κ2) is 4.94. The zero-order valence-electron chi connectivity index (χ0n) is 8.62. The van der Waals surface area contributed by atoms with Crippen LogP contribution < -0.4 is 4.72 Å². The van der Waals surface area contributed by atoms with E-state index in [-0.39, 0.29) is 5.75 Å². The third-order valence-corrected chi connectivity index (χ3v) is 4.08. The molecule has 1 heterocycles. The van der Waals surface area contributed by atoms with Crippen molar-refractivity contribution >= 4 is 31.8 Å². The highest BCUT2D eigenvalue weighted by atomic mass is 79.9. The van der Waals surface area contributed by atoms with Gasteiger partial charge in [0.15, 0.2) is 0 Å². The third kappa shape index (κ3) is 3.79. The molecule has 0 bridgehead atoms. The van der Waals surface area contributed by atoms with Crippen molar-refractivity contribution in [2.75, 3.05) is 10.5 Å². The Morgan fingerprint density at radius 2 is 2.20 bits per heavy atom. The van der Waals surface area contributed by atoms with Crippen LogP contribution in [0.5, 0.6) is 0 Å². The summed E-state index contributed by atoms with van der Waals surface area (Å²) in [4.78, 5) is 3.97. The molecule has 1 rings (SSSR count). The number of hydrogen-bond acceptors (Lipinski definition) is 3. The van der Waals surface area contributed by atoms with Crippen molar-refractivity contribution in [1.82, 2.24) is 4.98 Å². The van der Waals surface area contributed by atoms with Gasteiger partial charge in [-0.15, -0.1) is 0 Å². The summed E-state index contributed by atoms with van der Waals surface area (Å²) in [5, 5.41) is 0. The molecule has 0 aliphatic carbocycles. The van der Waals surface area contributed by atoms with Gasteiger partial charge in [-0.25, -0.2) is 13.4 Å². The van der Waals surface area contributed by atoms with Crippen LogP contribution in [-0.2, 0) is 10.0 Å². The minimum atomic E-state index is -3.24. The monoisotopic (exact) mass is 292 g/mol. The van der Waals surface area contributed by atoms with E-state index in [0.29, 0.717) is 12.2 Å². The fraction of sp³-hybridized carbons (Fsp3) is 0.444. The van der Waals surface area contributed by atoms with Crippen molar-refractivity contribution in [2.24, 2.45) is 0 Å². The third-order valence-electron chi connectivity index (χ3n) is 1.78. The Hall–Kier alpha value is -0.620. The van der Waals surface area contributed by atoms with Crippen LogP contribution in [0.4, 0.5) is 5.82 Å². The summed E-state index contributed by atoms with van der Waals surface area (Å²) in [7, 11) is -3.24. The van der Waals surface area contributed by atoms with Gasteiger partial charge in [-0.3, -0.25) is 4.72 Å². The maximum atomic E-state index is 11.4. The first-order chi connectivity index (χ1) is 6.94. The van der Waals surface area contributed by atoms with Crippen LogP contribution in [0.1, 0.15) is 18.9 Å². The number of sulfonamides is 1. The summed E-state index contributed by atoms with van der Waals surface area (Å²) in [5.74, 6) is 0.480. The number of hydrogen-bond donors (Lipinski definition) is 1. The van der Waals surface area contributed by atoms with Crippen LogP contribution in [0.25, 0.3) is 0 Å². The molecule has 0 unspecified atom stereocenters. The Kier molecular flexibility index (Phi) is 4.10. The van der Waals surface area contributed by atoms with E-state index in [9.17, 15) is 8.42 Å². The highest BCUT2D eigenvalue weighted by molar-refractivity contribution is 9.10. The van der Waals surface area contributed by atoms with Crippen LogP contribution in [0.15, 0.2) is 16.7 Å². The highest BCUT2D eigenvalue weighted by Crippen LogP contribution is 2.17. The second-order valence-corrected chi connectivity index (χ2v) is 5.94. The number of halogens is 1. The molecule has 0 aliphatic heterocycles. The van der Waals surface area contributed by atoms with Gasteiger partial charge < -0.3 is 0 Å². The van der Waals surface area contributed by atoms with Crippen LogP contribution in [0, 0.1) is 6.92 Å². The predicted octanol–water partition coefficient (Wildman–Crippen LogP) is 2.30. The average molecular weight is 293 g/mol. The zero-order valence-corrected chi connectivity index (χ0v) is 11.0. The van der Waals surface area contributed by atoms with Crippen molar-refractivity contribution in [2.45, 2.75) is 20.3 Å². The van der Waals surface area contributed by atoms with Crippen molar-refractivity contribution in [1.29, 1.82) is 0 Å². The molecule has 0 atom stereocenters. The lowest BCUT2D eigenvalue weighted by Gasteiger charge is -2.07. The number of aromatic nitrogens is 1. The van der Waals surface area contributed by atoms with Crippen molar-refractivity contribution in [3.8, 4) is 0 Å². The quantitative estimate of drug-likeness (QED) is 0.926. The van der Waals surface area contributed by atoms with E-state index in [2.05, 4.69) is 25.6 Å². The van der Waals surface area contributed by atoms with Crippen molar-refractivity contribution in [3.05, 3.63) is 22.3 Å². The molecule has 0 aromatic carbocycles. The van der Waals surface area contributed by atoms with Crippen LogP contribution in [0.2, 0.25) is 0 Å². The Morgan fingerprint density at radius 1 is 1.53 bits per heavy atom. The minimum Gasteiger partial charge on any atom is -0.267 e. The first kappa shape index (κ1) is 12.4. The van der Waals surface area contributed by atoms with Gasteiger partial charge in [-0.1, -0.05) is 6.92 Å². The van der Waals surface area contributed by atoms with E-state index in [1.165, 1.54) is 0 Å². The van der Waals surface area contributed by atoms with E-state index in [0.717, 1.165) is 10.0 Å². The highest BCUT2D eigenvalue weighted by Gasteiger charge is 2.09. The fourth-order valence-electron chi connectivity index (χ4n) is 1.07. The average Bonchev–Trinajstić information content (AvgIpc) is 2.10. The SMILES string of the molecule is CCCS(=O)(=O)Nc1cc(C)c(Br)cn1. The normalized spacial score (nSPS) is 11.4. The van der Waals surface area contributed by atoms with Gasteiger partial charge in [0.2, 0.25) is 10.0 Å². The summed E-state index contributed by atoms with van der Waals surface area (Å²) in [6, 6.07) is 1.69. The number of pyridine rings is 1. The van der Waals surface area contributed by atoms with E-state index < -0.39 is 10.0 Å². The molecule has 84 valence electrons. The maximum Gasteiger partial charge on any atom is 0.233 e. The smallest absolute Gasteiger partial charge is 0.233 e. The molecule has 0 saturated heterocycles. The Balaban J connectivity index is 2.86. The molecule has 0 aliphatic rings. The molecule has 0 spiro atoms. The van der Waals surface area contributed by atoms with Gasteiger partial charge in [-0.2, -0.15) is 0 Å². The van der Waals surface area contributed by atoms with Crippen LogP contribution in [-0.4, -0.2) is 19.2 Å². The van der Waals surface area contributed by atoms with Crippen molar-refractivity contribution in [3.63, 3.8) is 0 Å². The van der Waals surface area contributed by atoms with E-state index >= 15 is 0 Å².